The first-order valence-electron chi connectivity index (χ1n) is 6.40. The van der Waals surface area contributed by atoms with E-state index in [1.54, 1.807) is 12.4 Å². The summed E-state index contributed by atoms with van der Waals surface area (Å²) in [5, 5.41) is 7.95. The predicted molar refractivity (Wildman–Crippen MR) is 79.1 cm³/mol. The Morgan fingerprint density at radius 3 is 2.80 bits per heavy atom. The summed E-state index contributed by atoms with van der Waals surface area (Å²) in [5.74, 6) is -0.521. The lowest BCUT2D eigenvalue weighted by molar-refractivity contribution is -0.117. The standard InChI is InChI=1S/C13H14Cl2N4O/c1-7(2)19-11-8(5-17-19)3-9(6-16-11)18-12(20)10-4-13(10,14)15/h3,5-7,10H,4H2,1-2H3,(H,18,20)/t10-/m1/s1. The summed E-state index contributed by atoms with van der Waals surface area (Å²) >= 11 is 11.8. The highest BCUT2D eigenvalue weighted by atomic mass is 35.5. The van der Waals surface area contributed by atoms with E-state index in [2.05, 4.69) is 15.4 Å². The van der Waals surface area contributed by atoms with Gasteiger partial charge in [-0.2, -0.15) is 5.10 Å². The van der Waals surface area contributed by atoms with Gasteiger partial charge in [-0.15, -0.1) is 23.2 Å². The van der Waals surface area contributed by atoms with E-state index in [-0.39, 0.29) is 17.9 Å². The first kappa shape index (κ1) is 13.6. The zero-order valence-electron chi connectivity index (χ0n) is 11.1. The second-order valence-electron chi connectivity index (χ2n) is 5.33. The lowest BCUT2D eigenvalue weighted by Crippen LogP contribution is -2.17. The van der Waals surface area contributed by atoms with E-state index in [0.717, 1.165) is 11.0 Å². The number of rotatable bonds is 3. The predicted octanol–water partition coefficient (Wildman–Crippen LogP) is 3.14. The number of fused-ring (bicyclic) bond motifs is 1. The van der Waals surface area contributed by atoms with E-state index in [1.165, 1.54) is 0 Å². The molecular formula is C13H14Cl2N4O. The van der Waals surface area contributed by atoms with Gasteiger partial charge in [0.15, 0.2) is 5.65 Å². The van der Waals surface area contributed by atoms with Crippen molar-refractivity contribution in [3.8, 4) is 0 Å². The zero-order chi connectivity index (χ0) is 14.5. The van der Waals surface area contributed by atoms with Gasteiger partial charge in [-0.25, -0.2) is 9.67 Å². The van der Waals surface area contributed by atoms with Crippen LogP contribution >= 0.6 is 23.2 Å². The molecule has 1 N–H and O–H groups in total. The SMILES string of the molecule is CC(C)n1ncc2cc(NC(=O)[C@H]3CC3(Cl)Cl)cnc21. The minimum atomic E-state index is -0.913. The van der Waals surface area contributed by atoms with Crippen LogP contribution in [-0.4, -0.2) is 25.0 Å². The Labute approximate surface area is 126 Å². The average molecular weight is 313 g/mol. The lowest BCUT2D eigenvalue weighted by atomic mass is 10.3. The lowest BCUT2D eigenvalue weighted by Gasteiger charge is -2.07. The van der Waals surface area contributed by atoms with Crippen LogP contribution in [0.4, 0.5) is 5.69 Å². The summed E-state index contributed by atoms with van der Waals surface area (Å²) in [7, 11) is 0. The number of hydrogen-bond donors (Lipinski definition) is 1. The summed E-state index contributed by atoms with van der Waals surface area (Å²) in [5.41, 5.74) is 1.43. The van der Waals surface area contributed by atoms with Gasteiger partial charge in [-0.3, -0.25) is 4.79 Å². The summed E-state index contributed by atoms with van der Waals surface area (Å²) < 4.78 is 0.925. The van der Waals surface area contributed by atoms with Crippen LogP contribution in [0.1, 0.15) is 26.3 Å². The molecule has 1 saturated carbocycles. The van der Waals surface area contributed by atoms with Gasteiger partial charge in [-0.1, -0.05) is 0 Å². The summed E-state index contributed by atoms with van der Waals surface area (Å²) in [4.78, 5) is 16.3. The minimum absolute atomic E-state index is 0.174. The molecule has 106 valence electrons. The number of nitrogens with one attached hydrogen (secondary N) is 1. The molecule has 2 aromatic heterocycles. The molecule has 1 aliphatic rings. The third-order valence-corrected chi connectivity index (χ3v) is 4.17. The van der Waals surface area contributed by atoms with Crippen molar-refractivity contribution in [3.05, 3.63) is 18.5 Å². The first-order valence-corrected chi connectivity index (χ1v) is 7.16. The normalized spacial score (nSPS) is 20.4. The highest BCUT2D eigenvalue weighted by molar-refractivity contribution is 6.52. The highest BCUT2D eigenvalue weighted by Crippen LogP contribution is 2.53. The molecule has 1 amide bonds. The molecule has 0 aromatic carbocycles. The number of alkyl halides is 2. The number of halogens is 2. The molecule has 1 atom stereocenters. The molecular weight excluding hydrogens is 299 g/mol. The fourth-order valence-corrected chi connectivity index (χ4v) is 2.62. The quantitative estimate of drug-likeness (QED) is 0.886. The first-order chi connectivity index (χ1) is 9.38. The maximum Gasteiger partial charge on any atom is 0.230 e. The van der Waals surface area contributed by atoms with Crippen molar-refractivity contribution in [1.82, 2.24) is 14.8 Å². The zero-order valence-corrected chi connectivity index (χ0v) is 12.6. The largest absolute Gasteiger partial charge is 0.324 e. The highest BCUT2D eigenvalue weighted by Gasteiger charge is 2.56. The van der Waals surface area contributed by atoms with Gasteiger partial charge in [0.05, 0.1) is 24.0 Å². The van der Waals surface area contributed by atoms with Crippen LogP contribution in [0.3, 0.4) is 0 Å². The van der Waals surface area contributed by atoms with E-state index in [0.29, 0.717) is 12.1 Å². The molecule has 1 fully saturated rings. The Kier molecular flexibility index (Phi) is 3.14. The minimum Gasteiger partial charge on any atom is -0.324 e. The van der Waals surface area contributed by atoms with E-state index in [1.807, 2.05) is 24.6 Å². The van der Waals surface area contributed by atoms with E-state index >= 15 is 0 Å². The average Bonchev–Trinajstić information content (AvgIpc) is 2.84. The number of nitrogens with zero attached hydrogens (tertiary/aromatic N) is 3. The topological polar surface area (TPSA) is 59.8 Å². The molecule has 7 heteroatoms. The molecule has 0 aliphatic heterocycles. The van der Waals surface area contributed by atoms with Crippen LogP contribution in [0.25, 0.3) is 11.0 Å². The Morgan fingerprint density at radius 1 is 1.50 bits per heavy atom. The third kappa shape index (κ3) is 2.36. The Balaban J connectivity index is 1.82. The van der Waals surface area contributed by atoms with E-state index in [9.17, 15) is 4.79 Å². The molecule has 0 unspecified atom stereocenters. The fraction of sp³-hybridized carbons (Fsp3) is 0.462. The van der Waals surface area contributed by atoms with Crippen LogP contribution < -0.4 is 5.32 Å². The summed E-state index contributed by atoms with van der Waals surface area (Å²) in [6, 6.07) is 2.08. The number of amides is 1. The van der Waals surface area contributed by atoms with Crippen molar-refractivity contribution in [2.45, 2.75) is 30.6 Å². The molecule has 5 nitrogen and oxygen atoms in total. The summed E-state index contributed by atoms with van der Waals surface area (Å²) in [6.07, 6.45) is 3.85. The van der Waals surface area contributed by atoms with Crippen molar-refractivity contribution >= 4 is 45.8 Å². The van der Waals surface area contributed by atoms with Gasteiger partial charge < -0.3 is 5.32 Å². The van der Waals surface area contributed by atoms with Crippen molar-refractivity contribution < 1.29 is 4.79 Å². The second-order valence-corrected chi connectivity index (χ2v) is 6.87. The number of carbonyl (C=O) groups is 1. The third-order valence-electron chi connectivity index (χ3n) is 3.33. The van der Waals surface area contributed by atoms with Crippen LogP contribution in [0.15, 0.2) is 18.5 Å². The van der Waals surface area contributed by atoms with Crippen LogP contribution in [0, 0.1) is 5.92 Å². The van der Waals surface area contributed by atoms with Crippen molar-refractivity contribution in [3.63, 3.8) is 0 Å². The molecule has 2 heterocycles. The second kappa shape index (κ2) is 4.60. The van der Waals surface area contributed by atoms with Crippen LogP contribution in [0.5, 0.6) is 0 Å². The monoisotopic (exact) mass is 312 g/mol. The molecule has 0 spiro atoms. The van der Waals surface area contributed by atoms with Crippen molar-refractivity contribution in [1.29, 1.82) is 0 Å². The van der Waals surface area contributed by atoms with Crippen molar-refractivity contribution in [2.24, 2.45) is 5.92 Å². The maximum atomic E-state index is 11.9. The van der Waals surface area contributed by atoms with Crippen LogP contribution in [0.2, 0.25) is 0 Å². The molecule has 20 heavy (non-hydrogen) atoms. The van der Waals surface area contributed by atoms with E-state index < -0.39 is 4.33 Å². The van der Waals surface area contributed by atoms with Crippen LogP contribution in [-0.2, 0) is 4.79 Å². The molecule has 0 radical (unpaired) electrons. The smallest absolute Gasteiger partial charge is 0.230 e. The van der Waals surface area contributed by atoms with Crippen molar-refractivity contribution in [2.75, 3.05) is 5.32 Å². The number of aromatic nitrogens is 3. The van der Waals surface area contributed by atoms with Gasteiger partial charge >= 0.3 is 0 Å². The molecule has 2 aromatic rings. The maximum absolute atomic E-state index is 11.9. The van der Waals surface area contributed by atoms with Gasteiger partial charge in [0, 0.05) is 11.4 Å². The van der Waals surface area contributed by atoms with Gasteiger partial charge in [-0.05, 0) is 26.3 Å². The Hall–Kier alpha value is -1.33. The van der Waals surface area contributed by atoms with Gasteiger partial charge in [0.25, 0.3) is 0 Å². The number of hydrogen-bond acceptors (Lipinski definition) is 3. The van der Waals surface area contributed by atoms with Gasteiger partial charge in [0.1, 0.15) is 4.33 Å². The summed E-state index contributed by atoms with van der Waals surface area (Å²) in [6.45, 7) is 4.08. The molecule has 0 saturated heterocycles. The molecule has 0 bridgehead atoms. The Morgan fingerprint density at radius 2 is 2.20 bits per heavy atom. The number of anilines is 1. The fourth-order valence-electron chi connectivity index (χ4n) is 2.11. The molecule has 1 aliphatic carbocycles. The molecule has 3 rings (SSSR count). The van der Waals surface area contributed by atoms with Gasteiger partial charge in [0.2, 0.25) is 5.91 Å². The van der Waals surface area contributed by atoms with E-state index in [4.69, 9.17) is 23.2 Å². The Bertz CT molecular complexity index is 680. The number of pyridine rings is 1. The number of carbonyl (C=O) groups excluding carboxylic acids is 1.